The van der Waals surface area contributed by atoms with E-state index in [9.17, 15) is 0 Å². The van der Waals surface area contributed by atoms with Crippen LogP contribution in [-0.4, -0.2) is 4.40 Å². The van der Waals surface area contributed by atoms with Crippen molar-refractivity contribution >= 4 is 59.8 Å². The van der Waals surface area contributed by atoms with Crippen molar-refractivity contribution in [2.24, 2.45) is 12.5 Å². The molecule has 2 nitrogen and oxygen atoms in total. The molecule has 2 heteroatoms. The zero-order valence-electron chi connectivity index (χ0n) is 24.0. The average Bonchev–Trinajstić information content (AvgIpc) is 3.19. The van der Waals surface area contributed by atoms with Crippen LogP contribution in [0.2, 0.25) is 0 Å². The van der Waals surface area contributed by atoms with Crippen LogP contribution in [0.3, 0.4) is 0 Å². The fourth-order valence-electron chi connectivity index (χ4n) is 6.86. The van der Waals surface area contributed by atoms with Crippen molar-refractivity contribution in [3.05, 3.63) is 83.6 Å². The summed E-state index contributed by atoms with van der Waals surface area (Å²) in [4.78, 5) is 0. The summed E-state index contributed by atoms with van der Waals surface area (Å²) in [5.41, 5.74) is 9.83. The number of hydrogen-bond acceptors (Lipinski definition) is 0. The molecule has 0 aliphatic carbocycles. The molecule has 190 valence electrons. The van der Waals surface area contributed by atoms with Crippen LogP contribution in [-0.2, 0) is 18.9 Å². The van der Waals surface area contributed by atoms with Gasteiger partial charge >= 0.3 is 0 Å². The van der Waals surface area contributed by atoms with E-state index in [0.717, 1.165) is 6.42 Å². The first-order valence-electron chi connectivity index (χ1n) is 13.9. The topological polar surface area (TPSA) is 8.29 Å². The smallest absolute Gasteiger partial charge is 0.224 e. The third-order valence-electron chi connectivity index (χ3n) is 8.62. The Kier molecular flexibility index (Phi) is 4.61. The number of hydrogen-bond donors (Lipinski definition) is 0. The van der Waals surface area contributed by atoms with Gasteiger partial charge in [0.1, 0.15) is 7.05 Å². The van der Waals surface area contributed by atoms with Crippen LogP contribution >= 0.6 is 0 Å². The van der Waals surface area contributed by atoms with Gasteiger partial charge in [-0.2, -0.15) is 0 Å². The monoisotopic (exact) mass is 497 g/mol. The third-order valence-corrected chi connectivity index (χ3v) is 8.62. The Bertz CT molecular complexity index is 2070. The summed E-state index contributed by atoms with van der Waals surface area (Å²) in [7, 11) is 2.21. The maximum atomic E-state index is 2.63. The molecule has 0 unspecified atom stereocenters. The summed E-state index contributed by atoms with van der Waals surface area (Å²) in [6, 6.07) is 23.2. The molecule has 0 N–H and O–H groups in total. The predicted molar refractivity (Wildman–Crippen MR) is 164 cm³/mol. The van der Waals surface area contributed by atoms with Crippen LogP contribution in [0.4, 0.5) is 0 Å². The summed E-state index contributed by atoms with van der Waals surface area (Å²) in [5, 5.41) is 9.51. The van der Waals surface area contributed by atoms with E-state index in [2.05, 4.69) is 131 Å². The van der Waals surface area contributed by atoms with Gasteiger partial charge in [-0.25, -0.2) is 4.57 Å². The van der Waals surface area contributed by atoms with Crippen molar-refractivity contribution < 1.29 is 4.57 Å². The van der Waals surface area contributed by atoms with Gasteiger partial charge in [-0.3, -0.25) is 0 Å². The molecule has 0 bridgehead atoms. The van der Waals surface area contributed by atoms with Gasteiger partial charge in [-0.05, 0) is 69.2 Å². The van der Waals surface area contributed by atoms with E-state index in [1.807, 2.05) is 0 Å². The number of benzene rings is 4. The van der Waals surface area contributed by atoms with Gasteiger partial charge in [-0.1, -0.05) is 84.0 Å². The maximum Gasteiger partial charge on any atom is 0.224 e. The van der Waals surface area contributed by atoms with Gasteiger partial charge in [0, 0.05) is 16.8 Å². The maximum absolute atomic E-state index is 2.63. The van der Waals surface area contributed by atoms with Crippen LogP contribution in [0, 0.1) is 12.3 Å². The second-order valence-electron chi connectivity index (χ2n) is 13.6. The molecule has 0 atom stereocenters. The van der Waals surface area contributed by atoms with E-state index in [1.54, 1.807) is 0 Å². The van der Waals surface area contributed by atoms with Crippen LogP contribution in [0.5, 0.6) is 0 Å². The Morgan fingerprint density at radius 2 is 1.47 bits per heavy atom. The molecule has 3 heterocycles. The van der Waals surface area contributed by atoms with Gasteiger partial charge in [0.25, 0.3) is 0 Å². The number of fused-ring (bicyclic) bond motifs is 7. The first kappa shape index (κ1) is 23.5. The number of aryl methyl sites for hydroxylation is 2. The van der Waals surface area contributed by atoms with Crippen molar-refractivity contribution in [1.29, 1.82) is 0 Å². The predicted octanol–water partition coefficient (Wildman–Crippen LogP) is 9.16. The van der Waals surface area contributed by atoms with Crippen LogP contribution < -0.4 is 4.57 Å². The van der Waals surface area contributed by atoms with Crippen molar-refractivity contribution in [3.63, 3.8) is 0 Å². The molecule has 0 aliphatic heterocycles. The third kappa shape index (κ3) is 3.10. The first-order valence-corrected chi connectivity index (χ1v) is 13.9. The lowest BCUT2D eigenvalue weighted by Crippen LogP contribution is -2.29. The van der Waals surface area contributed by atoms with Gasteiger partial charge < -0.3 is 4.40 Å². The summed E-state index contributed by atoms with van der Waals surface area (Å²) in [6.07, 6.45) is 3.25. The molecule has 7 aromatic rings. The highest BCUT2D eigenvalue weighted by Gasteiger charge is 2.28. The van der Waals surface area contributed by atoms with Gasteiger partial charge in [-0.15, -0.1) is 0 Å². The lowest BCUT2D eigenvalue weighted by molar-refractivity contribution is -0.643. The van der Waals surface area contributed by atoms with Gasteiger partial charge in [0.05, 0.1) is 27.3 Å². The summed E-state index contributed by atoms with van der Waals surface area (Å²) in [6.45, 7) is 16.4. The SMILES string of the molecule is Cc1c2ccccc2c(CC(C)(C)C)c2c1c1c3c(ccc4c5cc(C(C)(C)C)ccc5n2c43)cc[n+]1C. The average molecular weight is 498 g/mol. The lowest BCUT2D eigenvalue weighted by atomic mass is 9.83. The highest BCUT2D eigenvalue weighted by molar-refractivity contribution is 6.29. The quantitative estimate of drug-likeness (QED) is 0.121. The Morgan fingerprint density at radius 3 is 2.18 bits per heavy atom. The van der Waals surface area contributed by atoms with Crippen LogP contribution in [0.15, 0.2) is 66.9 Å². The molecule has 38 heavy (non-hydrogen) atoms. The standard InChI is InChI=1S/C36H37N2/c1-21-24-11-9-10-12-25(24)28(20-35(2,3)4)33-30(21)34-31-22(17-18-37(34)8)13-15-26-27-19-23(36(5,6)7)14-16-29(27)38(33)32(26)31/h9-19H,20H2,1-8H3/q+1. The minimum Gasteiger partial charge on any atom is -0.307 e. The van der Waals surface area contributed by atoms with Crippen LogP contribution in [0.25, 0.3) is 59.8 Å². The fourth-order valence-corrected chi connectivity index (χ4v) is 6.86. The zero-order valence-corrected chi connectivity index (χ0v) is 24.0. The number of aromatic nitrogens is 2. The molecular formula is C36H37N2+. The molecular weight excluding hydrogens is 460 g/mol. The molecule has 3 aromatic heterocycles. The summed E-state index contributed by atoms with van der Waals surface area (Å²) in [5.74, 6) is 0. The fraction of sp³-hybridized carbons (Fsp3) is 0.306. The van der Waals surface area contributed by atoms with Crippen LogP contribution in [0.1, 0.15) is 58.2 Å². The largest absolute Gasteiger partial charge is 0.307 e. The Balaban J connectivity index is 1.88. The lowest BCUT2D eigenvalue weighted by Gasteiger charge is -2.24. The zero-order chi connectivity index (χ0) is 26.7. The molecule has 4 aromatic carbocycles. The highest BCUT2D eigenvalue weighted by Crippen LogP contribution is 2.45. The second-order valence-corrected chi connectivity index (χ2v) is 13.6. The Labute approximate surface area is 224 Å². The molecule has 0 aliphatic rings. The molecule has 0 saturated carbocycles. The van der Waals surface area contributed by atoms with Crippen molar-refractivity contribution in [2.75, 3.05) is 0 Å². The number of rotatable bonds is 1. The van der Waals surface area contributed by atoms with E-state index in [0.29, 0.717) is 0 Å². The van der Waals surface area contributed by atoms with Gasteiger partial charge in [0.2, 0.25) is 5.52 Å². The highest BCUT2D eigenvalue weighted by atomic mass is 15.0. The van der Waals surface area contributed by atoms with Crippen molar-refractivity contribution in [1.82, 2.24) is 4.40 Å². The molecule has 0 amide bonds. The summed E-state index contributed by atoms with van der Waals surface area (Å²) < 4.78 is 4.98. The minimum absolute atomic E-state index is 0.0966. The van der Waals surface area contributed by atoms with Gasteiger partial charge in [0.15, 0.2) is 6.20 Å². The molecule has 0 fully saturated rings. The molecule has 7 rings (SSSR count). The normalized spacial score (nSPS) is 13.4. The molecule has 0 saturated heterocycles. The van der Waals surface area contributed by atoms with E-state index < -0.39 is 0 Å². The summed E-state index contributed by atoms with van der Waals surface area (Å²) >= 11 is 0. The van der Waals surface area contributed by atoms with E-state index in [1.165, 1.54) is 76.5 Å². The first-order chi connectivity index (χ1) is 18.0. The molecule has 0 radical (unpaired) electrons. The van der Waals surface area contributed by atoms with E-state index >= 15 is 0 Å². The number of pyridine rings is 2. The minimum atomic E-state index is 0.0966. The molecule has 0 spiro atoms. The second kappa shape index (κ2) is 7.47. The van der Waals surface area contributed by atoms with E-state index in [4.69, 9.17) is 0 Å². The van der Waals surface area contributed by atoms with Crippen molar-refractivity contribution in [2.45, 2.75) is 60.3 Å². The van der Waals surface area contributed by atoms with Crippen molar-refractivity contribution in [3.8, 4) is 0 Å². The number of nitrogens with zero attached hydrogens (tertiary/aromatic N) is 2. The Morgan fingerprint density at radius 1 is 0.737 bits per heavy atom. The Hall–Kier alpha value is -3.65. The van der Waals surface area contributed by atoms with E-state index in [-0.39, 0.29) is 10.8 Å².